The smallest absolute Gasteiger partial charge is 0.406 e. The van der Waals surface area contributed by atoms with Gasteiger partial charge in [0.15, 0.2) is 0 Å². The number of hydrogen-bond acceptors (Lipinski definition) is 10. The van der Waals surface area contributed by atoms with Gasteiger partial charge in [-0.15, -0.1) is 28.9 Å². The van der Waals surface area contributed by atoms with E-state index in [0.717, 1.165) is 40.8 Å². The zero-order valence-corrected chi connectivity index (χ0v) is 22.8. The lowest BCUT2D eigenvalue weighted by molar-refractivity contribution is -0.274. The van der Waals surface area contributed by atoms with Crippen LogP contribution < -0.4 is 26.3 Å². The third kappa shape index (κ3) is 9.07. The number of carbonyl (C=O) groups is 2. The molecule has 0 saturated heterocycles. The first-order chi connectivity index (χ1) is 19.9. The van der Waals surface area contributed by atoms with Crippen molar-refractivity contribution in [2.24, 2.45) is 0 Å². The van der Waals surface area contributed by atoms with E-state index in [9.17, 15) is 31.5 Å². The molecule has 4 rings (SSSR count). The van der Waals surface area contributed by atoms with E-state index in [0.29, 0.717) is 5.01 Å². The third-order valence-corrected chi connectivity index (χ3v) is 6.69. The number of aromatic nitrogens is 3. The van der Waals surface area contributed by atoms with Crippen molar-refractivity contribution in [1.82, 2.24) is 41.8 Å². The van der Waals surface area contributed by atoms with Gasteiger partial charge in [0.05, 0.1) is 6.54 Å². The zero-order chi connectivity index (χ0) is 30.3. The molecule has 0 bridgehead atoms. The first kappa shape index (κ1) is 30.6. The summed E-state index contributed by atoms with van der Waals surface area (Å²) in [5, 5.41) is 14.4. The van der Waals surface area contributed by atoms with E-state index in [2.05, 4.69) is 41.5 Å². The number of hydrogen-bond donors (Lipinski definition) is 4. The van der Waals surface area contributed by atoms with Gasteiger partial charge in [0.25, 0.3) is 11.8 Å². The van der Waals surface area contributed by atoms with E-state index in [1.807, 2.05) is 19.1 Å². The number of hydrazine groups is 2. The van der Waals surface area contributed by atoms with Crippen LogP contribution in [0, 0.1) is 12.7 Å². The molecular weight excluding hydrogens is 587 g/mol. The van der Waals surface area contributed by atoms with Crippen LogP contribution in [0.15, 0.2) is 48.4 Å². The molecule has 0 spiro atoms. The predicted octanol–water partition coefficient (Wildman–Crippen LogP) is 2.96. The summed E-state index contributed by atoms with van der Waals surface area (Å²) >= 11 is 0.906. The molecule has 2 aromatic heterocycles. The van der Waals surface area contributed by atoms with Crippen LogP contribution in [-0.2, 0) is 24.3 Å². The molecule has 2 amide bonds. The Kier molecular flexibility index (Phi) is 9.84. The second-order valence-corrected chi connectivity index (χ2v) is 10.1. The fraction of sp³-hybridized carbons (Fsp3) is 0.320. The topological polar surface area (TPSA) is 133 Å². The molecule has 1 atom stereocenters. The summed E-state index contributed by atoms with van der Waals surface area (Å²) in [6.45, 7) is 1.63. The SMILES string of the molecule is Cc1ccc(CNC(=O)C2=CN(CC(F)CCc3nnc(C(=O)NCc4cc(OC(F)(F)F)ccc4F)s3)NN2)cn1. The Bertz CT molecular complexity index is 1430. The van der Waals surface area contributed by atoms with Gasteiger partial charge in [0, 0.05) is 43.2 Å². The molecule has 17 heteroatoms. The normalized spacial score (nSPS) is 13.8. The number of rotatable bonds is 12. The Hall–Kier alpha value is -4.38. The summed E-state index contributed by atoms with van der Waals surface area (Å²) in [6, 6.07) is 6.13. The lowest BCUT2D eigenvalue weighted by atomic mass is 10.2. The summed E-state index contributed by atoms with van der Waals surface area (Å²) in [5.41, 5.74) is 7.06. The summed E-state index contributed by atoms with van der Waals surface area (Å²) in [4.78, 5) is 28.9. The first-order valence-corrected chi connectivity index (χ1v) is 13.3. The molecule has 0 saturated carbocycles. The fourth-order valence-electron chi connectivity index (χ4n) is 3.61. The second kappa shape index (κ2) is 13.5. The standard InChI is InChI=1S/C25H25F5N8O3S/c1-14-2-3-15(9-31-14)10-32-22(39)20-13-38(37-34-20)12-17(26)4-7-21-35-36-24(42-21)23(40)33-11-16-8-18(5-6-19(16)27)41-25(28,29)30/h2-3,5-6,8-9,13,17,34,37H,4,7,10-12H2,1H3,(H,32,39)(H,33,40). The molecule has 224 valence electrons. The number of carbonyl (C=O) groups excluding carboxylic acids is 2. The van der Waals surface area contributed by atoms with Crippen LogP contribution in [0.4, 0.5) is 22.0 Å². The number of nitrogens with one attached hydrogen (secondary N) is 4. The van der Waals surface area contributed by atoms with Crippen LogP contribution in [0.5, 0.6) is 5.75 Å². The quantitative estimate of drug-likeness (QED) is 0.228. The third-order valence-electron chi connectivity index (χ3n) is 5.71. The van der Waals surface area contributed by atoms with Gasteiger partial charge in [-0.25, -0.2) is 8.78 Å². The molecule has 4 N–H and O–H groups in total. The van der Waals surface area contributed by atoms with Gasteiger partial charge in [-0.3, -0.25) is 25.0 Å². The Labute approximate surface area is 240 Å². The van der Waals surface area contributed by atoms with Crippen LogP contribution in [0.25, 0.3) is 0 Å². The van der Waals surface area contributed by atoms with E-state index in [-0.39, 0.29) is 48.1 Å². The number of alkyl halides is 4. The molecule has 1 aromatic carbocycles. The van der Waals surface area contributed by atoms with Crippen molar-refractivity contribution in [2.75, 3.05) is 6.54 Å². The highest BCUT2D eigenvalue weighted by atomic mass is 32.1. The molecule has 3 aromatic rings. The van der Waals surface area contributed by atoms with Gasteiger partial charge in [0.1, 0.15) is 28.4 Å². The summed E-state index contributed by atoms with van der Waals surface area (Å²) in [5.74, 6) is -2.57. The minimum absolute atomic E-state index is 0.0431. The number of amides is 2. The van der Waals surface area contributed by atoms with Crippen molar-refractivity contribution in [2.45, 2.75) is 45.4 Å². The van der Waals surface area contributed by atoms with Gasteiger partial charge >= 0.3 is 6.36 Å². The average molecular weight is 613 g/mol. The van der Waals surface area contributed by atoms with Gasteiger partial charge < -0.3 is 15.4 Å². The maximum Gasteiger partial charge on any atom is 0.573 e. The van der Waals surface area contributed by atoms with Crippen LogP contribution in [0.2, 0.25) is 0 Å². The monoisotopic (exact) mass is 612 g/mol. The maximum absolute atomic E-state index is 14.6. The number of ether oxygens (including phenoxy) is 1. The van der Waals surface area contributed by atoms with Crippen molar-refractivity contribution < 1.29 is 36.3 Å². The Balaban J connectivity index is 1.20. The number of benzene rings is 1. The van der Waals surface area contributed by atoms with Crippen LogP contribution in [0.1, 0.15) is 38.1 Å². The van der Waals surface area contributed by atoms with Gasteiger partial charge in [-0.1, -0.05) is 17.4 Å². The highest BCUT2D eigenvalue weighted by molar-refractivity contribution is 7.13. The number of pyridine rings is 1. The summed E-state index contributed by atoms with van der Waals surface area (Å²) in [7, 11) is 0. The van der Waals surface area contributed by atoms with Crippen LogP contribution in [-0.4, -0.2) is 51.1 Å². The Morgan fingerprint density at radius 1 is 1.12 bits per heavy atom. The number of halogens is 5. The molecule has 1 aliphatic rings. The summed E-state index contributed by atoms with van der Waals surface area (Å²) < 4.78 is 69.6. The van der Waals surface area contributed by atoms with Crippen molar-refractivity contribution in [3.05, 3.63) is 81.1 Å². The lowest BCUT2D eigenvalue weighted by Gasteiger charge is -2.17. The molecule has 11 nitrogen and oxygen atoms in total. The minimum atomic E-state index is -4.95. The molecule has 3 heterocycles. The Morgan fingerprint density at radius 2 is 1.90 bits per heavy atom. The second-order valence-electron chi connectivity index (χ2n) is 9.04. The number of aryl methyl sites for hydroxylation is 2. The lowest BCUT2D eigenvalue weighted by Crippen LogP contribution is -2.41. The number of nitrogens with zero attached hydrogens (tertiary/aromatic N) is 4. The van der Waals surface area contributed by atoms with Crippen molar-refractivity contribution >= 4 is 23.2 Å². The molecule has 42 heavy (non-hydrogen) atoms. The zero-order valence-electron chi connectivity index (χ0n) is 22.0. The fourth-order valence-corrected chi connectivity index (χ4v) is 4.38. The van der Waals surface area contributed by atoms with E-state index in [4.69, 9.17) is 0 Å². The van der Waals surface area contributed by atoms with Crippen LogP contribution >= 0.6 is 11.3 Å². The van der Waals surface area contributed by atoms with Crippen molar-refractivity contribution in [3.8, 4) is 5.75 Å². The van der Waals surface area contributed by atoms with Gasteiger partial charge in [-0.2, -0.15) is 0 Å². The minimum Gasteiger partial charge on any atom is -0.406 e. The van der Waals surface area contributed by atoms with E-state index < -0.39 is 36.6 Å². The predicted molar refractivity (Wildman–Crippen MR) is 139 cm³/mol. The Morgan fingerprint density at radius 3 is 2.64 bits per heavy atom. The summed E-state index contributed by atoms with van der Waals surface area (Å²) in [6.07, 6.45) is -2.96. The molecule has 0 radical (unpaired) electrons. The average Bonchev–Trinajstić information content (AvgIpc) is 3.61. The molecule has 1 aliphatic heterocycles. The van der Waals surface area contributed by atoms with E-state index >= 15 is 0 Å². The maximum atomic E-state index is 14.6. The molecule has 0 fully saturated rings. The van der Waals surface area contributed by atoms with Gasteiger partial charge in [-0.05, 0) is 43.2 Å². The van der Waals surface area contributed by atoms with E-state index in [1.54, 1.807) is 6.20 Å². The van der Waals surface area contributed by atoms with Crippen LogP contribution in [0.3, 0.4) is 0 Å². The highest BCUT2D eigenvalue weighted by Gasteiger charge is 2.31. The van der Waals surface area contributed by atoms with E-state index in [1.165, 1.54) is 11.2 Å². The van der Waals surface area contributed by atoms with Crippen molar-refractivity contribution in [3.63, 3.8) is 0 Å². The van der Waals surface area contributed by atoms with Crippen molar-refractivity contribution in [1.29, 1.82) is 0 Å². The molecule has 0 aliphatic carbocycles. The van der Waals surface area contributed by atoms with Gasteiger partial charge in [0.2, 0.25) is 5.01 Å². The highest BCUT2D eigenvalue weighted by Crippen LogP contribution is 2.25. The largest absolute Gasteiger partial charge is 0.573 e. The first-order valence-electron chi connectivity index (χ1n) is 12.4. The molecule has 1 unspecified atom stereocenters. The molecular formula is C25H25F5N8O3S.